The van der Waals surface area contributed by atoms with Gasteiger partial charge >= 0.3 is 18.1 Å². The maximum atomic E-state index is 11.7. The average Bonchev–Trinajstić information content (AvgIpc) is 3.40. The normalized spacial score (nSPS) is 13.8. The first-order valence-corrected chi connectivity index (χ1v) is 9.18. The van der Waals surface area contributed by atoms with Gasteiger partial charge in [0.05, 0.1) is 31.1 Å². The van der Waals surface area contributed by atoms with E-state index in [-0.39, 0.29) is 24.2 Å². The predicted molar refractivity (Wildman–Crippen MR) is 86.0 cm³/mol. The van der Waals surface area contributed by atoms with Gasteiger partial charge in [-0.1, -0.05) is 0 Å². The summed E-state index contributed by atoms with van der Waals surface area (Å²) in [7, 11) is -2.10. The smallest absolute Gasteiger partial charge is 0.469 e. The first kappa shape index (κ1) is 22.6. The molecule has 0 atom stereocenters. The zero-order valence-corrected chi connectivity index (χ0v) is 15.3. The van der Waals surface area contributed by atoms with Gasteiger partial charge in [0.25, 0.3) is 0 Å². The van der Waals surface area contributed by atoms with Gasteiger partial charge in [0.15, 0.2) is 0 Å². The number of nitrogens with zero attached hydrogens (tertiary/aromatic N) is 2. The van der Waals surface area contributed by atoms with E-state index in [0.29, 0.717) is 18.5 Å². The monoisotopic (exact) mass is 413 g/mol. The number of hydrogen-bond acceptors (Lipinski definition) is 8. The Bertz CT molecular complexity index is 766. The van der Waals surface area contributed by atoms with Crippen molar-refractivity contribution in [3.8, 4) is 0 Å². The Morgan fingerprint density at radius 3 is 2.41 bits per heavy atom. The molecule has 0 amide bonds. The number of esters is 2. The summed E-state index contributed by atoms with van der Waals surface area (Å²) in [6, 6.07) is 1.53. The molecule has 1 N–H and O–H groups in total. The fourth-order valence-electron chi connectivity index (χ4n) is 1.57. The van der Waals surface area contributed by atoms with E-state index in [1.165, 1.54) is 26.3 Å². The van der Waals surface area contributed by atoms with Crippen molar-refractivity contribution < 1.29 is 40.7 Å². The largest absolute Gasteiger partial charge is 0.490 e. The molecule has 152 valence electrons. The molecule has 0 unspecified atom stereocenters. The molecule has 13 heteroatoms. The summed E-state index contributed by atoms with van der Waals surface area (Å²) in [5, 5.41) is -0.342. The van der Waals surface area contributed by atoms with Crippen LogP contribution in [0.25, 0.3) is 0 Å². The Kier molecular flexibility index (Phi) is 7.94. The number of anilines is 1. The van der Waals surface area contributed by atoms with Crippen LogP contribution in [0.1, 0.15) is 25.5 Å². The van der Waals surface area contributed by atoms with E-state index in [1.54, 1.807) is 0 Å². The summed E-state index contributed by atoms with van der Waals surface area (Å²) in [6.45, 7) is 1.06. The molecule has 0 radical (unpaired) electrons. The Morgan fingerprint density at radius 1 is 1.33 bits per heavy atom. The van der Waals surface area contributed by atoms with Crippen LogP contribution in [0.5, 0.6) is 0 Å². The highest BCUT2D eigenvalue weighted by atomic mass is 32.2. The van der Waals surface area contributed by atoms with Crippen LogP contribution in [0.4, 0.5) is 19.1 Å². The zero-order valence-electron chi connectivity index (χ0n) is 14.4. The van der Waals surface area contributed by atoms with Crippen molar-refractivity contribution in [3.63, 3.8) is 0 Å². The lowest BCUT2D eigenvalue weighted by molar-refractivity contribution is -0.199. The highest BCUT2D eigenvalue weighted by Crippen LogP contribution is 2.28. The summed E-state index contributed by atoms with van der Waals surface area (Å²) >= 11 is 0. The fraction of sp³-hybridized carbons (Fsp3) is 0.571. The standard InChI is InChI=1S/C10H13N3O4S.C4H5F3O2/c1-17-9(14)6-7-4-5-11-10(12-7)13-18(15,16)8-2-3-8;1-2-9-3(8)4(5,6)7/h4-5,8H,2-3,6H2,1H3,(H,11,12,13);2H2,1H3. The summed E-state index contributed by atoms with van der Waals surface area (Å²) in [5.41, 5.74) is 0.408. The minimum atomic E-state index is -4.85. The van der Waals surface area contributed by atoms with Crippen molar-refractivity contribution in [2.75, 3.05) is 18.4 Å². The van der Waals surface area contributed by atoms with Crippen molar-refractivity contribution in [3.05, 3.63) is 18.0 Å². The molecule has 0 bridgehead atoms. The number of ether oxygens (including phenoxy) is 2. The molecule has 1 fully saturated rings. The number of alkyl halides is 3. The molecule has 1 aliphatic carbocycles. The molecular weight excluding hydrogens is 395 g/mol. The third-order valence-corrected chi connectivity index (χ3v) is 4.79. The average molecular weight is 413 g/mol. The number of rotatable bonds is 6. The van der Waals surface area contributed by atoms with E-state index >= 15 is 0 Å². The van der Waals surface area contributed by atoms with Gasteiger partial charge in [0.2, 0.25) is 16.0 Å². The lowest BCUT2D eigenvalue weighted by Gasteiger charge is -2.06. The second kappa shape index (κ2) is 9.48. The van der Waals surface area contributed by atoms with Gasteiger partial charge in [-0.25, -0.2) is 23.2 Å². The molecule has 0 aliphatic heterocycles. The number of carbonyl (C=O) groups excluding carboxylic acids is 2. The quantitative estimate of drug-likeness (QED) is 0.690. The Balaban J connectivity index is 0.000000345. The minimum Gasteiger partial charge on any atom is -0.469 e. The van der Waals surface area contributed by atoms with Gasteiger partial charge < -0.3 is 9.47 Å². The Labute approximate surface area is 153 Å². The zero-order chi connectivity index (χ0) is 20.7. The molecule has 2 rings (SSSR count). The number of nitrogens with one attached hydrogen (secondary N) is 1. The van der Waals surface area contributed by atoms with Crippen molar-refractivity contribution in [2.24, 2.45) is 0 Å². The predicted octanol–water partition coefficient (Wildman–Crippen LogP) is 1.21. The SMILES string of the molecule is CCOC(=O)C(F)(F)F.COC(=O)Cc1ccnc(NS(=O)(=O)C2CC2)n1. The van der Waals surface area contributed by atoms with Crippen LogP contribution >= 0.6 is 0 Å². The molecule has 1 saturated carbocycles. The highest BCUT2D eigenvalue weighted by Gasteiger charge is 2.40. The van der Waals surface area contributed by atoms with E-state index in [1.807, 2.05) is 0 Å². The molecule has 1 heterocycles. The fourth-order valence-corrected chi connectivity index (χ4v) is 2.84. The van der Waals surface area contributed by atoms with Gasteiger partial charge in [0, 0.05) is 6.20 Å². The third kappa shape index (κ3) is 8.19. The second-order valence-electron chi connectivity index (χ2n) is 5.19. The number of aromatic nitrogens is 2. The summed E-state index contributed by atoms with van der Waals surface area (Å²) in [4.78, 5) is 28.6. The molecule has 0 spiro atoms. The van der Waals surface area contributed by atoms with Crippen molar-refractivity contribution >= 4 is 27.9 Å². The molecule has 0 aromatic carbocycles. The van der Waals surface area contributed by atoms with E-state index < -0.39 is 28.1 Å². The van der Waals surface area contributed by atoms with Crippen molar-refractivity contribution in [2.45, 2.75) is 37.6 Å². The van der Waals surface area contributed by atoms with Crippen LogP contribution in [-0.4, -0.2) is 55.5 Å². The Hall–Kier alpha value is -2.44. The number of halogens is 3. The minimum absolute atomic E-state index is 0.0108. The molecule has 1 aromatic rings. The van der Waals surface area contributed by atoms with Gasteiger partial charge in [0.1, 0.15) is 0 Å². The number of carbonyl (C=O) groups is 2. The van der Waals surface area contributed by atoms with E-state index in [2.05, 4.69) is 24.2 Å². The summed E-state index contributed by atoms with van der Waals surface area (Å²) < 4.78 is 67.3. The second-order valence-corrected chi connectivity index (χ2v) is 7.15. The van der Waals surface area contributed by atoms with Gasteiger partial charge in [-0.15, -0.1) is 0 Å². The first-order chi connectivity index (χ1) is 12.5. The van der Waals surface area contributed by atoms with Crippen molar-refractivity contribution in [1.29, 1.82) is 0 Å². The number of hydrogen-bond donors (Lipinski definition) is 1. The van der Waals surface area contributed by atoms with Gasteiger partial charge in [-0.05, 0) is 25.8 Å². The van der Waals surface area contributed by atoms with Crippen LogP contribution < -0.4 is 4.72 Å². The molecule has 0 saturated heterocycles. The van der Waals surface area contributed by atoms with Crippen LogP contribution in [0.15, 0.2) is 12.3 Å². The van der Waals surface area contributed by atoms with Crippen LogP contribution in [0.3, 0.4) is 0 Å². The van der Waals surface area contributed by atoms with E-state index in [9.17, 15) is 31.2 Å². The molecule has 1 aliphatic rings. The molecule has 27 heavy (non-hydrogen) atoms. The van der Waals surface area contributed by atoms with Gasteiger partial charge in [-0.2, -0.15) is 13.2 Å². The summed E-state index contributed by atoms with van der Waals surface area (Å²) in [6.07, 6.45) is -2.14. The molecule has 1 aromatic heterocycles. The maximum Gasteiger partial charge on any atom is 0.490 e. The van der Waals surface area contributed by atoms with Crippen LogP contribution in [0.2, 0.25) is 0 Å². The Morgan fingerprint density at radius 2 is 1.96 bits per heavy atom. The van der Waals surface area contributed by atoms with Crippen LogP contribution in [0, 0.1) is 0 Å². The van der Waals surface area contributed by atoms with Gasteiger partial charge in [-0.3, -0.25) is 9.52 Å². The van der Waals surface area contributed by atoms with Crippen LogP contribution in [-0.2, 0) is 35.5 Å². The number of methoxy groups -OCH3 is 1. The summed E-state index contributed by atoms with van der Waals surface area (Å²) in [5.74, 6) is -2.59. The topological polar surface area (TPSA) is 125 Å². The molecule has 9 nitrogen and oxygen atoms in total. The van der Waals surface area contributed by atoms with E-state index in [4.69, 9.17) is 0 Å². The van der Waals surface area contributed by atoms with Crippen molar-refractivity contribution in [1.82, 2.24) is 9.97 Å². The highest BCUT2D eigenvalue weighted by molar-refractivity contribution is 7.93. The lowest BCUT2D eigenvalue weighted by Crippen LogP contribution is -2.25. The van der Waals surface area contributed by atoms with E-state index in [0.717, 1.165) is 0 Å². The first-order valence-electron chi connectivity index (χ1n) is 7.64. The number of sulfonamides is 1. The lowest BCUT2D eigenvalue weighted by atomic mass is 10.3. The molecular formula is C14H18F3N3O6S. The maximum absolute atomic E-state index is 11.7. The third-order valence-electron chi connectivity index (χ3n) is 2.97.